The lowest BCUT2D eigenvalue weighted by molar-refractivity contribution is -0.0968. The van der Waals surface area contributed by atoms with E-state index in [1.54, 1.807) is 18.0 Å². The second-order valence-electron chi connectivity index (χ2n) is 7.17. The Bertz CT molecular complexity index is 632. The third-order valence-corrected chi connectivity index (χ3v) is 5.56. The maximum atomic E-state index is 13.9. The van der Waals surface area contributed by atoms with Crippen LogP contribution < -0.4 is 0 Å². The first-order valence-corrected chi connectivity index (χ1v) is 8.48. The minimum atomic E-state index is -0.586. The molecule has 1 spiro atoms. The Morgan fingerprint density at radius 2 is 2.21 bits per heavy atom. The zero-order chi connectivity index (χ0) is 16.9. The summed E-state index contributed by atoms with van der Waals surface area (Å²) >= 11 is 0. The van der Waals surface area contributed by atoms with E-state index in [1.165, 1.54) is 11.1 Å². The predicted octanol–water partition coefficient (Wildman–Crippen LogP) is 3.00. The van der Waals surface area contributed by atoms with E-state index in [0.29, 0.717) is 19.5 Å². The maximum Gasteiger partial charge on any atom is 0.340 e. The molecule has 0 bridgehead atoms. The van der Waals surface area contributed by atoms with Gasteiger partial charge in [-0.05, 0) is 18.9 Å². The van der Waals surface area contributed by atoms with Crippen LogP contribution in [0.5, 0.6) is 0 Å². The fraction of sp³-hybridized carbons (Fsp3) is 0.647. The Morgan fingerprint density at radius 3 is 2.92 bits per heavy atom. The second kappa shape index (κ2) is 5.65. The molecule has 24 heavy (non-hydrogen) atoms. The van der Waals surface area contributed by atoms with Gasteiger partial charge in [0.15, 0.2) is 0 Å². The van der Waals surface area contributed by atoms with Crippen molar-refractivity contribution < 1.29 is 18.3 Å². The number of urea groups is 1. The van der Waals surface area contributed by atoms with Crippen molar-refractivity contribution in [3.05, 3.63) is 23.8 Å². The number of carbonyl (C=O) groups is 1. The number of allylic oxidation sites excluding steroid dienone is 3. The fourth-order valence-electron chi connectivity index (χ4n) is 4.14. The highest BCUT2D eigenvalue weighted by Gasteiger charge is 2.51. The molecule has 0 aromatic heterocycles. The van der Waals surface area contributed by atoms with Gasteiger partial charge in [0.25, 0.3) is 0 Å². The average Bonchev–Trinajstić information content (AvgIpc) is 3.17. The van der Waals surface area contributed by atoms with Crippen LogP contribution in [0.4, 0.5) is 13.6 Å². The Balaban J connectivity index is 1.46. The number of hydrogen-bond donors (Lipinski definition) is 0. The molecular formula is C17H21F2N3O2. The van der Waals surface area contributed by atoms with Gasteiger partial charge in [0.05, 0.1) is 19.1 Å². The van der Waals surface area contributed by atoms with Crippen molar-refractivity contribution in [2.75, 3.05) is 19.7 Å². The SMILES string of the molecule is CC1C(F)=CC(F)=CC1[C@@H]1CC=NN1C(=O)N1CC2(CCCO2)C1. The minimum absolute atomic E-state index is 0.173. The molecule has 3 atom stereocenters. The molecule has 130 valence electrons. The Hall–Kier alpha value is -1.76. The Morgan fingerprint density at radius 1 is 1.42 bits per heavy atom. The largest absolute Gasteiger partial charge is 0.371 e. The van der Waals surface area contributed by atoms with Crippen molar-refractivity contribution in [3.8, 4) is 0 Å². The number of hydrogen-bond acceptors (Lipinski definition) is 3. The van der Waals surface area contributed by atoms with Crippen LogP contribution in [-0.4, -0.2) is 53.5 Å². The third kappa shape index (κ3) is 2.46. The van der Waals surface area contributed by atoms with Crippen molar-refractivity contribution in [1.82, 2.24) is 9.91 Å². The van der Waals surface area contributed by atoms with E-state index in [9.17, 15) is 13.6 Å². The molecule has 2 amide bonds. The lowest BCUT2D eigenvalue weighted by Gasteiger charge is -2.48. The Labute approximate surface area is 139 Å². The molecule has 1 aliphatic carbocycles. The zero-order valence-corrected chi connectivity index (χ0v) is 13.6. The van der Waals surface area contributed by atoms with E-state index >= 15 is 0 Å². The van der Waals surface area contributed by atoms with Gasteiger partial charge in [-0.25, -0.2) is 18.6 Å². The molecule has 2 saturated heterocycles. The topological polar surface area (TPSA) is 45.1 Å². The summed E-state index contributed by atoms with van der Waals surface area (Å²) in [5.41, 5.74) is -0.173. The van der Waals surface area contributed by atoms with E-state index < -0.39 is 23.5 Å². The van der Waals surface area contributed by atoms with Crippen molar-refractivity contribution in [3.63, 3.8) is 0 Å². The number of carbonyl (C=O) groups excluding carboxylic acids is 1. The number of amides is 2. The van der Waals surface area contributed by atoms with Gasteiger partial charge in [0.1, 0.15) is 17.3 Å². The summed E-state index contributed by atoms with van der Waals surface area (Å²) < 4.78 is 33.3. The van der Waals surface area contributed by atoms with E-state index in [-0.39, 0.29) is 17.7 Å². The molecule has 2 fully saturated rings. The first-order valence-electron chi connectivity index (χ1n) is 8.48. The van der Waals surface area contributed by atoms with E-state index in [2.05, 4.69) is 5.10 Å². The van der Waals surface area contributed by atoms with E-state index in [0.717, 1.165) is 25.5 Å². The summed E-state index contributed by atoms with van der Waals surface area (Å²) in [4.78, 5) is 14.5. The number of rotatable bonds is 1. The highest BCUT2D eigenvalue weighted by Crippen LogP contribution is 2.39. The van der Waals surface area contributed by atoms with Crippen LogP contribution in [0.1, 0.15) is 26.2 Å². The standard InChI is InChI=1S/C17H21F2N3O2/c1-11-13(7-12(18)8-14(11)19)15-3-5-20-22(15)16(23)21-9-17(10-21)4-2-6-24-17/h5,7-8,11,13,15H,2-4,6,9-10H2,1H3/t11?,13?,15-/m0/s1. The highest BCUT2D eigenvalue weighted by atomic mass is 19.1. The lowest BCUT2D eigenvalue weighted by atomic mass is 9.82. The van der Waals surface area contributed by atoms with Crippen molar-refractivity contribution in [1.29, 1.82) is 0 Å². The van der Waals surface area contributed by atoms with E-state index in [1.807, 2.05) is 0 Å². The fourth-order valence-corrected chi connectivity index (χ4v) is 4.14. The van der Waals surface area contributed by atoms with Crippen molar-refractivity contribution in [2.45, 2.75) is 37.8 Å². The highest BCUT2D eigenvalue weighted by molar-refractivity contribution is 5.79. The smallest absolute Gasteiger partial charge is 0.340 e. The lowest BCUT2D eigenvalue weighted by Crippen LogP contribution is -2.65. The van der Waals surface area contributed by atoms with Crippen molar-refractivity contribution >= 4 is 12.2 Å². The summed E-state index contributed by atoms with van der Waals surface area (Å²) in [6, 6.07) is -0.551. The van der Waals surface area contributed by atoms with Gasteiger partial charge in [-0.15, -0.1) is 0 Å². The third-order valence-electron chi connectivity index (χ3n) is 5.56. The molecule has 5 nitrogen and oxygen atoms in total. The van der Waals surface area contributed by atoms with Crippen LogP contribution in [0.2, 0.25) is 0 Å². The van der Waals surface area contributed by atoms with Crippen LogP contribution >= 0.6 is 0 Å². The van der Waals surface area contributed by atoms with Gasteiger partial charge in [-0.2, -0.15) is 5.10 Å². The molecule has 0 radical (unpaired) electrons. The first-order chi connectivity index (χ1) is 11.5. The summed E-state index contributed by atoms with van der Waals surface area (Å²) in [7, 11) is 0. The van der Waals surface area contributed by atoms with Crippen molar-refractivity contribution in [2.24, 2.45) is 16.9 Å². The van der Waals surface area contributed by atoms with Gasteiger partial charge in [0, 0.05) is 37.2 Å². The van der Waals surface area contributed by atoms with Crippen LogP contribution in [0, 0.1) is 11.8 Å². The van der Waals surface area contributed by atoms with Gasteiger partial charge in [0.2, 0.25) is 0 Å². The zero-order valence-electron chi connectivity index (χ0n) is 13.6. The van der Waals surface area contributed by atoms with Gasteiger partial charge < -0.3 is 9.64 Å². The molecule has 3 heterocycles. The first kappa shape index (κ1) is 15.7. The molecule has 0 aromatic carbocycles. The molecule has 0 aromatic rings. The van der Waals surface area contributed by atoms with Gasteiger partial charge >= 0.3 is 6.03 Å². The molecule has 4 aliphatic rings. The summed E-state index contributed by atoms with van der Waals surface area (Å²) in [5.74, 6) is -1.95. The number of halogens is 2. The second-order valence-corrected chi connectivity index (χ2v) is 7.17. The van der Waals surface area contributed by atoms with Gasteiger partial charge in [-0.3, -0.25) is 0 Å². The minimum Gasteiger partial charge on any atom is -0.371 e. The maximum absolute atomic E-state index is 13.9. The molecule has 0 N–H and O–H groups in total. The molecule has 2 unspecified atom stereocenters. The van der Waals surface area contributed by atoms with Crippen LogP contribution in [0.3, 0.4) is 0 Å². The normalized spacial score (nSPS) is 34.4. The van der Waals surface area contributed by atoms with Crippen LogP contribution in [0.25, 0.3) is 0 Å². The van der Waals surface area contributed by atoms with E-state index in [4.69, 9.17) is 4.74 Å². The number of nitrogens with zero attached hydrogens (tertiary/aromatic N) is 3. The van der Waals surface area contributed by atoms with Crippen LogP contribution in [-0.2, 0) is 4.74 Å². The van der Waals surface area contributed by atoms with Crippen LogP contribution in [0.15, 0.2) is 28.9 Å². The quantitative estimate of drug-likeness (QED) is 0.738. The average molecular weight is 337 g/mol. The Kier molecular flexibility index (Phi) is 3.71. The molecule has 3 aliphatic heterocycles. The predicted molar refractivity (Wildman–Crippen MR) is 84.7 cm³/mol. The molecular weight excluding hydrogens is 316 g/mol. The molecule has 7 heteroatoms. The molecule has 0 saturated carbocycles. The molecule has 4 rings (SSSR count). The summed E-state index contributed by atoms with van der Waals surface area (Å²) in [5, 5.41) is 5.57. The number of ether oxygens (including phenoxy) is 1. The number of likely N-dealkylation sites (tertiary alicyclic amines) is 1. The number of hydrazone groups is 1. The van der Waals surface area contributed by atoms with Gasteiger partial charge in [-0.1, -0.05) is 6.92 Å². The summed E-state index contributed by atoms with van der Waals surface area (Å²) in [6.07, 6.45) is 6.49. The monoisotopic (exact) mass is 337 g/mol. The summed E-state index contributed by atoms with van der Waals surface area (Å²) in [6.45, 7) is 3.61.